The van der Waals surface area contributed by atoms with E-state index in [0.717, 1.165) is 9.83 Å². The molecule has 0 radical (unpaired) electrons. The fourth-order valence-corrected chi connectivity index (χ4v) is 4.41. The van der Waals surface area contributed by atoms with E-state index in [9.17, 15) is 0 Å². The second-order valence-corrected chi connectivity index (χ2v) is 5.20. The molecule has 3 saturated heterocycles. The van der Waals surface area contributed by atoms with E-state index in [4.69, 9.17) is 0 Å². The monoisotopic (exact) mass is 132 g/mol. The molecule has 0 saturated carbocycles. The largest absolute Gasteiger partial charge is 0.148 e. The molecule has 0 unspecified atom stereocenters. The minimum Gasteiger partial charge on any atom is -0.148 e. The van der Waals surface area contributed by atoms with Gasteiger partial charge in [0, 0.05) is 5.25 Å². The molecule has 0 amide bonds. The summed E-state index contributed by atoms with van der Waals surface area (Å²) in [6.07, 6.45) is 2.99. The summed E-state index contributed by atoms with van der Waals surface area (Å²) in [6.45, 7) is 0. The molecule has 3 fully saturated rings. The normalized spacial score (nSPS) is 48.0. The molecule has 3 heterocycles. The zero-order valence-corrected chi connectivity index (χ0v) is 5.73. The van der Waals surface area contributed by atoms with Gasteiger partial charge in [0.2, 0.25) is 0 Å². The van der Waals surface area contributed by atoms with Gasteiger partial charge in [0.05, 0.1) is 4.58 Å². The molecule has 0 nitrogen and oxygen atoms in total. The summed E-state index contributed by atoms with van der Waals surface area (Å²) < 4.78 is 1.01. The minimum absolute atomic E-state index is 1.01. The molecule has 40 valence electrons. The molecule has 0 N–H and O–H groups in total. The number of hydrogen-bond donors (Lipinski definition) is 0. The molecule has 3 aliphatic heterocycles. The van der Waals surface area contributed by atoms with Crippen molar-refractivity contribution in [3.05, 3.63) is 0 Å². The quantitative estimate of drug-likeness (QED) is 0.494. The number of fused-ring (bicyclic) bond motifs is 2. The highest BCUT2D eigenvalue weighted by Gasteiger charge is 2.33. The van der Waals surface area contributed by atoms with E-state index in [0.29, 0.717) is 0 Å². The van der Waals surface area contributed by atoms with E-state index in [2.05, 4.69) is 23.5 Å². The fourth-order valence-electron chi connectivity index (χ4n) is 1.04. The maximum absolute atomic E-state index is 2.18. The molecule has 2 bridgehead atoms. The third-order valence-corrected chi connectivity index (χ3v) is 4.63. The molecule has 0 aromatic heterocycles. The second kappa shape index (κ2) is 1.59. The fraction of sp³-hybridized carbons (Fsp3) is 1.00. The minimum atomic E-state index is 1.01. The van der Waals surface area contributed by atoms with E-state index in [1.807, 2.05) is 0 Å². The lowest BCUT2D eigenvalue weighted by Crippen LogP contribution is -2.29. The average molecular weight is 132 g/mol. The summed E-state index contributed by atoms with van der Waals surface area (Å²) in [7, 11) is 0. The number of rotatable bonds is 0. The summed E-state index contributed by atoms with van der Waals surface area (Å²) in [6, 6.07) is 0. The lowest BCUT2D eigenvalue weighted by molar-refractivity contribution is 0.718. The van der Waals surface area contributed by atoms with E-state index < -0.39 is 0 Å². The van der Waals surface area contributed by atoms with Crippen LogP contribution >= 0.6 is 23.5 Å². The highest BCUT2D eigenvalue weighted by atomic mass is 32.2. The van der Waals surface area contributed by atoms with Crippen LogP contribution in [0.4, 0.5) is 0 Å². The third kappa shape index (κ3) is 0.685. The lowest BCUT2D eigenvalue weighted by Gasteiger charge is -2.39. The summed E-state index contributed by atoms with van der Waals surface area (Å²) in [4.78, 5) is 0. The van der Waals surface area contributed by atoms with E-state index in [-0.39, 0.29) is 0 Å². The van der Waals surface area contributed by atoms with Crippen molar-refractivity contribution in [1.82, 2.24) is 0 Å². The van der Waals surface area contributed by atoms with Gasteiger partial charge in [-0.15, -0.1) is 23.5 Å². The lowest BCUT2D eigenvalue weighted by atomic mass is 10.2. The molecule has 3 rings (SSSR count). The van der Waals surface area contributed by atoms with Gasteiger partial charge < -0.3 is 0 Å². The standard InChI is InChI=1S/C5H8S2/c1-2-6-5-3-4(1)7-5/h4-5H,1-3H2/t4-,5-/m1/s1. The van der Waals surface area contributed by atoms with Crippen molar-refractivity contribution in [2.75, 3.05) is 5.75 Å². The van der Waals surface area contributed by atoms with Crippen molar-refractivity contribution in [2.24, 2.45) is 0 Å². The predicted molar refractivity (Wildman–Crippen MR) is 36.9 cm³/mol. The zero-order valence-electron chi connectivity index (χ0n) is 4.09. The first-order valence-electron chi connectivity index (χ1n) is 2.72. The Labute approximate surface area is 52.4 Å². The van der Waals surface area contributed by atoms with Crippen LogP contribution < -0.4 is 0 Å². The Hall–Kier alpha value is 0.700. The second-order valence-electron chi connectivity index (χ2n) is 2.08. The van der Waals surface area contributed by atoms with Crippen molar-refractivity contribution in [3.8, 4) is 0 Å². The van der Waals surface area contributed by atoms with Crippen molar-refractivity contribution < 1.29 is 0 Å². The van der Waals surface area contributed by atoms with E-state index in [1.54, 1.807) is 0 Å². The van der Waals surface area contributed by atoms with Crippen LogP contribution in [-0.2, 0) is 0 Å². The molecular weight excluding hydrogens is 124 g/mol. The third-order valence-electron chi connectivity index (χ3n) is 1.54. The summed E-state index contributed by atoms with van der Waals surface area (Å²) in [5.41, 5.74) is 0. The highest BCUT2D eigenvalue weighted by molar-refractivity contribution is 8.19. The Morgan fingerprint density at radius 3 is 2.43 bits per heavy atom. The van der Waals surface area contributed by atoms with Gasteiger partial charge in [-0.1, -0.05) is 0 Å². The van der Waals surface area contributed by atoms with Crippen LogP contribution in [0.25, 0.3) is 0 Å². The van der Waals surface area contributed by atoms with E-state index >= 15 is 0 Å². The summed E-state index contributed by atoms with van der Waals surface area (Å²) >= 11 is 4.33. The summed E-state index contributed by atoms with van der Waals surface area (Å²) in [5, 5.41) is 1.08. The zero-order chi connectivity index (χ0) is 4.69. The number of thioether (sulfide) groups is 2. The van der Waals surface area contributed by atoms with Gasteiger partial charge in [-0.3, -0.25) is 0 Å². The van der Waals surface area contributed by atoms with Crippen LogP contribution in [0.5, 0.6) is 0 Å². The maximum Gasteiger partial charge on any atom is 0.0515 e. The Morgan fingerprint density at radius 1 is 1.43 bits per heavy atom. The van der Waals surface area contributed by atoms with Gasteiger partial charge in [-0.05, 0) is 18.6 Å². The highest BCUT2D eigenvalue weighted by Crippen LogP contribution is 2.49. The van der Waals surface area contributed by atoms with Gasteiger partial charge in [0.15, 0.2) is 0 Å². The molecule has 3 aliphatic rings. The van der Waals surface area contributed by atoms with Gasteiger partial charge in [0.1, 0.15) is 0 Å². The molecule has 0 aromatic carbocycles. The molecule has 0 spiro atoms. The summed E-state index contributed by atoms with van der Waals surface area (Å²) in [5.74, 6) is 1.43. The Morgan fingerprint density at radius 2 is 2.29 bits per heavy atom. The first-order chi connectivity index (χ1) is 3.45. The van der Waals surface area contributed by atoms with Crippen LogP contribution in [0, 0.1) is 0 Å². The smallest absolute Gasteiger partial charge is 0.0515 e. The Kier molecular flexibility index (Phi) is 1.04. The SMILES string of the molecule is C1C[C@@H]2C[C@H](S1)S2. The topological polar surface area (TPSA) is 0 Å². The Balaban J connectivity index is 1.99. The molecule has 2 atom stereocenters. The number of hydrogen-bond acceptors (Lipinski definition) is 2. The van der Waals surface area contributed by atoms with Gasteiger partial charge in [-0.25, -0.2) is 0 Å². The Bertz CT molecular complexity index is 62.6. The van der Waals surface area contributed by atoms with Gasteiger partial charge >= 0.3 is 0 Å². The van der Waals surface area contributed by atoms with Crippen LogP contribution in [0.3, 0.4) is 0 Å². The predicted octanol–water partition coefficient (Wildman–Crippen LogP) is 1.95. The van der Waals surface area contributed by atoms with Crippen molar-refractivity contribution in [3.63, 3.8) is 0 Å². The molecule has 2 heteroatoms. The van der Waals surface area contributed by atoms with Gasteiger partial charge in [0.25, 0.3) is 0 Å². The first kappa shape index (κ1) is 4.57. The van der Waals surface area contributed by atoms with E-state index in [1.165, 1.54) is 18.6 Å². The van der Waals surface area contributed by atoms with Crippen molar-refractivity contribution >= 4 is 23.5 Å². The molecule has 7 heavy (non-hydrogen) atoms. The molecular formula is C5H8S2. The van der Waals surface area contributed by atoms with Crippen molar-refractivity contribution in [2.45, 2.75) is 22.7 Å². The van der Waals surface area contributed by atoms with Gasteiger partial charge in [-0.2, -0.15) is 0 Å². The van der Waals surface area contributed by atoms with Crippen LogP contribution in [-0.4, -0.2) is 15.6 Å². The van der Waals surface area contributed by atoms with Crippen LogP contribution in [0.15, 0.2) is 0 Å². The molecule has 0 aliphatic carbocycles. The first-order valence-corrected chi connectivity index (χ1v) is 4.71. The maximum atomic E-state index is 2.18. The van der Waals surface area contributed by atoms with Crippen LogP contribution in [0.1, 0.15) is 12.8 Å². The molecule has 0 aromatic rings. The van der Waals surface area contributed by atoms with Crippen LogP contribution in [0.2, 0.25) is 0 Å². The average Bonchev–Trinajstić information content (AvgIpc) is 1.67. The van der Waals surface area contributed by atoms with Crippen molar-refractivity contribution in [1.29, 1.82) is 0 Å².